The lowest BCUT2D eigenvalue weighted by Gasteiger charge is -2.27. The minimum atomic E-state index is 0.780. The maximum Gasteiger partial charge on any atom is 0.0195 e. The van der Waals surface area contributed by atoms with E-state index in [1.165, 1.54) is 51.9 Å². The predicted octanol–water partition coefficient (Wildman–Crippen LogP) is 2.11. The van der Waals surface area contributed by atoms with Crippen LogP contribution in [0.3, 0.4) is 0 Å². The van der Waals surface area contributed by atoms with E-state index in [1.54, 1.807) is 0 Å². The third-order valence-corrected chi connectivity index (χ3v) is 3.48. The highest BCUT2D eigenvalue weighted by Gasteiger charge is 2.26. The summed E-state index contributed by atoms with van der Waals surface area (Å²) in [5, 5.41) is 3.61. The predicted molar refractivity (Wildman–Crippen MR) is 65.0 cm³/mol. The average molecular weight is 210 g/mol. The van der Waals surface area contributed by atoms with E-state index in [0.29, 0.717) is 0 Å². The zero-order valence-corrected chi connectivity index (χ0v) is 10.3. The van der Waals surface area contributed by atoms with Crippen LogP contribution >= 0.6 is 0 Å². The Hall–Kier alpha value is -0.0800. The second-order valence-corrected chi connectivity index (χ2v) is 5.85. The van der Waals surface area contributed by atoms with Crippen LogP contribution in [0.2, 0.25) is 0 Å². The molecule has 0 aromatic rings. The summed E-state index contributed by atoms with van der Waals surface area (Å²) in [7, 11) is 0. The van der Waals surface area contributed by atoms with Gasteiger partial charge in [0.1, 0.15) is 0 Å². The van der Waals surface area contributed by atoms with Gasteiger partial charge < -0.3 is 10.2 Å². The maximum atomic E-state index is 3.61. The third kappa shape index (κ3) is 4.12. The van der Waals surface area contributed by atoms with Crippen LogP contribution in [0.25, 0.3) is 0 Å². The summed E-state index contributed by atoms with van der Waals surface area (Å²) >= 11 is 0. The highest BCUT2D eigenvalue weighted by molar-refractivity contribution is 4.82. The number of hydrogen-bond donors (Lipinski definition) is 1. The molecule has 2 nitrogen and oxygen atoms in total. The molecular formula is C13H26N2. The Kier molecular flexibility index (Phi) is 4.04. The van der Waals surface area contributed by atoms with Crippen LogP contribution in [0.15, 0.2) is 0 Å². The molecule has 0 spiro atoms. The molecule has 1 saturated carbocycles. The van der Waals surface area contributed by atoms with Gasteiger partial charge in [-0.3, -0.25) is 0 Å². The molecule has 1 heterocycles. The Labute approximate surface area is 94.4 Å². The van der Waals surface area contributed by atoms with Gasteiger partial charge in [-0.2, -0.15) is 0 Å². The van der Waals surface area contributed by atoms with Gasteiger partial charge in [-0.05, 0) is 44.1 Å². The van der Waals surface area contributed by atoms with Crippen molar-refractivity contribution in [3.05, 3.63) is 0 Å². The second kappa shape index (κ2) is 5.31. The summed E-state index contributed by atoms with van der Waals surface area (Å²) in [6.07, 6.45) is 5.72. The fourth-order valence-electron chi connectivity index (χ4n) is 2.63. The summed E-state index contributed by atoms with van der Waals surface area (Å²) in [6.45, 7) is 9.84. The number of rotatable bonds is 6. The Balaban J connectivity index is 1.74. The SMILES string of the molecule is CC(C)CN(CC1CC1)CC1CCCN1. The van der Waals surface area contributed by atoms with Gasteiger partial charge in [0.25, 0.3) is 0 Å². The van der Waals surface area contributed by atoms with Crippen LogP contribution in [-0.2, 0) is 0 Å². The molecule has 0 bridgehead atoms. The van der Waals surface area contributed by atoms with Crippen molar-refractivity contribution < 1.29 is 0 Å². The molecule has 1 saturated heterocycles. The second-order valence-electron chi connectivity index (χ2n) is 5.85. The molecule has 1 atom stereocenters. The number of nitrogens with zero attached hydrogens (tertiary/aromatic N) is 1. The van der Waals surface area contributed by atoms with E-state index in [0.717, 1.165) is 17.9 Å². The number of hydrogen-bond acceptors (Lipinski definition) is 2. The van der Waals surface area contributed by atoms with Crippen molar-refractivity contribution in [2.45, 2.75) is 45.6 Å². The van der Waals surface area contributed by atoms with Crippen LogP contribution in [0.1, 0.15) is 39.5 Å². The van der Waals surface area contributed by atoms with E-state index < -0.39 is 0 Å². The Morgan fingerprint density at radius 2 is 2.00 bits per heavy atom. The van der Waals surface area contributed by atoms with Gasteiger partial charge in [0.2, 0.25) is 0 Å². The fraction of sp³-hybridized carbons (Fsp3) is 1.00. The highest BCUT2D eigenvalue weighted by atomic mass is 15.2. The van der Waals surface area contributed by atoms with E-state index in [-0.39, 0.29) is 0 Å². The summed E-state index contributed by atoms with van der Waals surface area (Å²) in [5.41, 5.74) is 0. The monoisotopic (exact) mass is 210 g/mol. The van der Waals surface area contributed by atoms with Gasteiger partial charge in [0.15, 0.2) is 0 Å². The minimum Gasteiger partial charge on any atom is -0.313 e. The number of nitrogens with one attached hydrogen (secondary N) is 1. The molecule has 0 aromatic heterocycles. The fourth-order valence-corrected chi connectivity index (χ4v) is 2.63. The first-order valence-electron chi connectivity index (χ1n) is 6.70. The Morgan fingerprint density at radius 3 is 2.53 bits per heavy atom. The van der Waals surface area contributed by atoms with Crippen LogP contribution in [0.4, 0.5) is 0 Å². The first-order chi connectivity index (χ1) is 7.24. The lowest BCUT2D eigenvalue weighted by molar-refractivity contribution is 0.216. The molecule has 2 rings (SSSR count). The molecule has 2 heteroatoms. The normalized spacial score (nSPS) is 26.8. The molecule has 0 amide bonds. The summed E-state index contributed by atoms with van der Waals surface area (Å²) < 4.78 is 0. The lowest BCUT2D eigenvalue weighted by Crippen LogP contribution is -2.40. The molecule has 88 valence electrons. The summed E-state index contributed by atoms with van der Waals surface area (Å²) in [5.74, 6) is 1.84. The lowest BCUT2D eigenvalue weighted by atomic mass is 10.1. The molecule has 0 aromatic carbocycles. The molecule has 2 fully saturated rings. The van der Waals surface area contributed by atoms with Gasteiger partial charge in [0, 0.05) is 25.7 Å². The first kappa shape index (κ1) is 11.4. The molecule has 2 aliphatic rings. The molecule has 1 aliphatic heterocycles. The first-order valence-corrected chi connectivity index (χ1v) is 6.70. The third-order valence-electron chi connectivity index (χ3n) is 3.48. The van der Waals surface area contributed by atoms with Crippen molar-refractivity contribution in [3.8, 4) is 0 Å². The largest absolute Gasteiger partial charge is 0.313 e. The van der Waals surface area contributed by atoms with Crippen LogP contribution < -0.4 is 5.32 Å². The summed E-state index contributed by atoms with van der Waals surface area (Å²) in [4.78, 5) is 2.70. The zero-order chi connectivity index (χ0) is 10.7. The molecule has 1 aliphatic carbocycles. The smallest absolute Gasteiger partial charge is 0.0195 e. The van der Waals surface area contributed by atoms with Crippen molar-refractivity contribution in [2.24, 2.45) is 11.8 Å². The highest BCUT2D eigenvalue weighted by Crippen LogP contribution is 2.30. The Bertz CT molecular complexity index is 177. The average Bonchev–Trinajstić information content (AvgIpc) is 2.80. The molecule has 15 heavy (non-hydrogen) atoms. The van der Waals surface area contributed by atoms with Crippen LogP contribution in [-0.4, -0.2) is 37.1 Å². The molecule has 0 radical (unpaired) electrons. The van der Waals surface area contributed by atoms with Gasteiger partial charge >= 0.3 is 0 Å². The van der Waals surface area contributed by atoms with E-state index in [9.17, 15) is 0 Å². The van der Waals surface area contributed by atoms with Crippen LogP contribution in [0, 0.1) is 11.8 Å². The van der Waals surface area contributed by atoms with E-state index >= 15 is 0 Å². The van der Waals surface area contributed by atoms with E-state index in [4.69, 9.17) is 0 Å². The maximum absolute atomic E-state index is 3.61. The van der Waals surface area contributed by atoms with Gasteiger partial charge in [-0.15, -0.1) is 0 Å². The van der Waals surface area contributed by atoms with E-state index in [2.05, 4.69) is 24.1 Å². The standard InChI is InChI=1S/C13H26N2/c1-11(2)8-15(9-12-5-6-12)10-13-4-3-7-14-13/h11-14H,3-10H2,1-2H3. The van der Waals surface area contributed by atoms with E-state index in [1.807, 2.05) is 0 Å². The van der Waals surface area contributed by atoms with Crippen LogP contribution in [0.5, 0.6) is 0 Å². The molecule has 1 N–H and O–H groups in total. The van der Waals surface area contributed by atoms with Crippen molar-refractivity contribution in [1.82, 2.24) is 10.2 Å². The zero-order valence-electron chi connectivity index (χ0n) is 10.3. The van der Waals surface area contributed by atoms with Crippen molar-refractivity contribution in [3.63, 3.8) is 0 Å². The van der Waals surface area contributed by atoms with Gasteiger partial charge in [0.05, 0.1) is 0 Å². The topological polar surface area (TPSA) is 15.3 Å². The molecule has 1 unspecified atom stereocenters. The van der Waals surface area contributed by atoms with Crippen molar-refractivity contribution in [1.29, 1.82) is 0 Å². The molecular weight excluding hydrogens is 184 g/mol. The minimum absolute atomic E-state index is 0.780. The van der Waals surface area contributed by atoms with Crippen molar-refractivity contribution in [2.75, 3.05) is 26.2 Å². The quantitative estimate of drug-likeness (QED) is 0.722. The van der Waals surface area contributed by atoms with Gasteiger partial charge in [-0.1, -0.05) is 13.8 Å². The van der Waals surface area contributed by atoms with Gasteiger partial charge in [-0.25, -0.2) is 0 Å². The van der Waals surface area contributed by atoms with Crippen molar-refractivity contribution >= 4 is 0 Å². The summed E-state index contributed by atoms with van der Waals surface area (Å²) in [6, 6.07) is 0.780. The Morgan fingerprint density at radius 1 is 1.20 bits per heavy atom.